The number of halogens is 1. The number of aryl methyl sites for hydroxylation is 3. The van der Waals surface area contributed by atoms with Gasteiger partial charge in [-0.3, -0.25) is 14.4 Å². The van der Waals surface area contributed by atoms with E-state index in [4.69, 9.17) is 4.74 Å². The number of aliphatic hydroxyl groups is 1. The lowest BCUT2D eigenvalue weighted by Crippen LogP contribution is -2.60. The topological polar surface area (TPSA) is 120 Å². The lowest BCUT2D eigenvalue weighted by Gasteiger charge is -2.37. The van der Waals surface area contributed by atoms with Crippen LogP contribution in [0.25, 0.3) is 0 Å². The van der Waals surface area contributed by atoms with Gasteiger partial charge in [-0.2, -0.15) is 0 Å². The number of fused-ring (bicyclic) bond motifs is 1. The van der Waals surface area contributed by atoms with E-state index in [1.165, 1.54) is 35.9 Å². The molecule has 1 fully saturated rings. The molecule has 2 heterocycles. The molecule has 246 valence electrons. The van der Waals surface area contributed by atoms with Crippen molar-refractivity contribution in [1.29, 1.82) is 0 Å². The number of nitrogens with zero attached hydrogens (tertiary/aromatic N) is 1. The maximum absolute atomic E-state index is 13.8. The first-order chi connectivity index (χ1) is 21.6. The van der Waals surface area contributed by atoms with Crippen LogP contribution in [0.2, 0.25) is 0 Å². The van der Waals surface area contributed by atoms with E-state index in [9.17, 15) is 23.9 Å². The maximum atomic E-state index is 13.8. The van der Waals surface area contributed by atoms with Gasteiger partial charge in [0.15, 0.2) is 0 Å². The minimum absolute atomic E-state index is 0.0627. The quantitative estimate of drug-likeness (QED) is 0.407. The first-order valence-corrected chi connectivity index (χ1v) is 16.4. The van der Waals surface area contributed by atoms with Gasteiger partial charge in [-0.25, -0.2) is 4.39 Å². The van der Waals surface area contributed by atoms with Crippen molar-refractivity contribution in [3.63, 3.8) is 0 Å². The molecule has 3 aliphatic rings. The Morgan fingerprint density at radius 1 is 0.933 bits per heavy atom. The van der Waals surface area contributed by atoms with E-state index in [-0.39, 0.29) is 36.2 Å². The number of aliphatic hydroxyl groups excluding tert-OH is 1. The van der Waals surface area contributed by atoms with E-state index < -0.39 is 24.1 Å². The van der Waals surface area contributed by atoms with Crippen LogP contribution in [0.15, 0.2) is 42.5 Å². The number of hydrogen-bond donors (Lipinski definition) is 4. The molecule has 2 aliphatic heterocycles. The molecule has 0 spiro atoms. The summed E-state index contributed by atoms with van der Waals surface area (Å²) in [6, 6.07) is 11.1. The van der Waals surface area contributed by atoms with Crippen molar-refractivity contribution in [3.05, 3.63) is 65.0 Å². The summed E-state index contributed by atoms with van der Waals surface area (Å²) in [5, 5.41) is 19.4. The molecule has 1 aliphatic carbocycles. The number of carbonyl (C=O) groups is 3. The Labute approximate surface area is 266 Å². The minimum Gasteiger partial charge on any atom is -0.489 e. The highest BCUT2D eigenvalue weighted by Crippen LogP contribution is 2.33. The van der Waals surface area contributed by atoms with Crippen LogP contribution < -0.4 is 20.7 Å². The summed E-state index contributed by atoms with van der Waals surface area (Å²) < 4.78 is 18.6. The first kappa shape index (κ1) is 34.4. The number of para-hydroxylation sites is 1. The van der Waals surface area contributed by atoms with Crippen LogP contribution in [0.5, 0.6) is 5.75 Å². The average molecular weight is 625 g/mol. The van der Waals surface area contributed by atoms with E-state index in [0.29, 0.717) is 13.1 Å². The van der Waals surface area contributed by atoms with E-state index in [0.717, 1.165) is 68.2 Å². The van der Waals surface area contributed by atoms with E-state index >= 15 is 0 Å². The van der Waals surface area contributed by atoms with Crippen LogP contribution in [0.4, 0.5) is 4.39 Å². The lowest BCUT2D eigenvalue weighted by atomic mass is 9.83. The number of ether oxygens (including phenoxy) is 1. The monoisotopic (exact) mass is 624 g/mol. The molecule has 1 saturated carbocycles. The third-order valence-corrected chi connectivity index (χ3v) is 9.02. The zero-order valence-electron chi connectivity index (χ0n) is 26.8. The molecular weight excluding hydrogens is 575 g/mol. The van der Waals surface area contributed by atoms with Crippen LogP contribution in [0.1, 0.15) is 68.6 Å². The molecule has 4 unspecified atom stereocenters. The van der Waals surface area contributed by atoms with Crippen molar-refractivity contribution in [3.8, 4) is 5.75 Å². The number of likely N-dealkylation sites (N-methyl/N-ethyl adjacent to an activating group) is 1. The summed E-state index contributed by atoms with van der Waals surface area (Å²) in [5.74, 6) is -0.134. The molecule has 0 radical (unpaired) electrons. The lowest BCUT2D eigenvalue weighted by molar-refractivity contribution is -0.145. The molecule has 2 aromatic carbocycles. The van der Waals surface area contributed by atoms with Crippen LogP contribution in [-0.4, -0.2) is 78.7 Å². The average Bonchev–Trinajstić information content (AvgIpc) is 3.03. The van der Waals surface area contributed by atoms with E-state index in [1.54, 1.807) is 19.2 Å². The number of hydrogen-bond acceptors (Lipinski definition) is 6. The van der Waals surface area contributed by atoms with Crippen molar-refractivity contribution in [2.24, 2.45) is 5.92 Å². The molecule has 45 heavy (non-hydrogen) atoms. The second-order valence-electron chi connectivity index (χ2n) is 12.6. The SMILES string of the molecule is CC(O)C1C(=O)NCC(=O)NCCCc2cccc3c2OC(CC3)CNC(C2CCCCC2)C(=O)N1C.Cc1ccc(F)cc1. The standard InChI is InChI=1S/C28H42N4O5.C7H7F/c1-18(33)25-27(35)31-17-23(34)29-15-7-12-20-10-6-11-21-13-14-22(37-26(20)21)16-30-24(28(36)32(25)2)19-8-4-3-5-9-19;1-6-2-4-7(8)5-3-6/h6,10-11,18-19,22,24-25,30,33H,3-5,7-9,12-17H2,1-2H3,(H,29,34)(H,31,35);2-5H,1H3. The van der Waals surface area contributed by atoms with Gasteiger partial charge in [0.05, 0.1) is 18.7 Å². The first-order valence-electron chi connectivity index (χ1n) is 16.4. The molecule has 0 aromatic heterocycles. The molecule has 2 bridgehead atoms. The fourth-order valence-corrected chi connectivity index (χ4v) is 6.50. The summed E-state index contributed by atoms with van der Waals surface area (Å²) in [4.78, 5) is 40.5. The Kier molecular flexibility index (Phi) is 12.8. The zero-order chi connectivity index (χ0) is 32.3. The minimum atomic E-state index is -1.09. The van der Waals surface area contributed by atoms with Crippen molar-refractivity contribution < 1.29 is 28.6 Å². The van der Waals surface area contributed by atoms with Gasteiger partial charge in [-0.1, -0.05) is 55.2 Å². The number of amides is 3. The molecule has 9 nitrogen and oxygen atoms in total. The van der Waals surface area contributed by atoms with Gasteiger partial charge in [0.25, 0.3) is 0 Å². The predicted molar refractivity (Wildman–Crippen MR) is 171 cm³/mol. The van der Waals surface area contributed by atoms with Crippen molar-refractivity contribution >= 4 is 17.7 Å². The smallest absolute Gasteiger partial charge is 0.245 e. The molecule has 2 aromatic rings. The summed E-state index contributed by atoms with van der Waals surface area (Å²) >= 11 is 0. The highest BCUT2D eigenvalue weighted by atomic mass is 19.1. The fraction of sp³-hybridized carbons (Fsp3) is 0.571. The summed E-state index contributed by atoms with van der Waals surface area (Å²) in [6.07, 6.45) is 7.35. The summed E-state index contributed by atoms with van der Waals surface area (Å²) in [5.41, 5.74) is 3.42. The van der Waals surface area contributed by atoms with Crippen LogP contribution in [-0.2, 0) is 27.2 Å². The Hall–Kier alpha value is -3.50. The number of benzene rings is 2. The van der Waals surface area contributed by atoms with Gasteiger partial charge >= 0.3 is 0 Å². The fourth-order valence-electron chi connectivity index (χ4n) is 6.50. The van der Waals surface area contributed by atoms with Crippen LogP contribution in [0, 0.1) is 18.7 Å². The van der Waals surface area contributed by atoms with Gasteiger partial charge in [-0.05, 0) is 81.5 Å². The largest absolute Gasteiger partial charge is 0.489 e. The van der Waals surface area contributed by atoms with Crippen molar-refractivity contribution in [2.45, 2.75) is 95.9 Å². The third-order valence-electron chi connectivity index (χ3n) is 9.02. The Balaban J connectivity index is 0.000000501. The van der Waals surface area contributed by atoms with Crippen LogP contribution in [0.3, 0.4) is 0 Å². The zero-order valence-corrected chi connectivity index (χ0v) is 26.8. The summed E-state index contributed by atoms with van der Waals surface area (Å²) in [7, 11) is 1.56. The van der Waals surface area contributed by atoms with Gasteiger partial charge in [0.2, 0.25) is 17.7 Å². The number of rotatable bonds is 2. The van der Waals surface area contributed by atoms with Gasteiger partial charge < -0.3 is 30.7 Å². The van der Waals surface area contributed by atoms with Crippen molar-refractivity contribution in [1.82, 2.24) is 20.9 Å². The molecule has 4 atom stereocenters. The van der Waals surface area contributed by atoms with E-state index in [2.05, 4.69) is 34.1 Å². The number of carbonyl (C=O) groups excluding carboxylic acids is 3. The third kappa shape index (κ3) is 9.74. The predicted octanol–water partition coefficient (Wildman–Crippen LogP) is 3.44. The summed E-state index contributed by atoms with van der Waals surface area (Å²) in [6.45, 7) is 4.23. The molecule has 3 amide bonds. The van der Waals surface area contributed by atoms with E-state index in [1.807, 2.05) is 6.92 Å². The molecule has 5 rings (SSSR count). The van der Waals surface area contributed by atoms with Crippen molar-refractivity contribution in [2.75, 3.05) is 26.7 Å². The Morgan fingerprint density at radius 3 is 2.29 bits per heavy atom. The normalized spacial score (nSPS) is 24.5. The van der Waals surface area contributed by atoms with Crippen LogP contribution >= 0.6 is 0 Å². The second-order valence-corrected chi connectivity index (χ2v) is 12.6. The van der Waals surface area contributed by atoms with Gasteiger partial charge in [0.1, 0.15) is 23.7 Å². The highest BCUT2D eigenvalue weighted by molar-refractivity contribution is 5.92. The number of nitrogens with one attached hydrogen (secondary N) is 3. The Bertz CT molecular complexity index is 1260. The Morgan fingerprint density at radius 2 is 1.62 bits per heavy atom. The van der Waals surface area contributed by atoms with Gasteiger partial charge in [0, 0.05) is 20.1 Å². The molecule has 0 saturated heterocycles. The second kappa shape index (κ2) is 16.7. The highest BCUT2D eigenvalue weighted by Gasteiger charge is 2.38. The maximum Gasteiger partial charge on any atom is 0.245 e. The molecule has 10 heteroatoms. The molecular formula is C35H49FN4O5. The van der Waals surface area contributed by atoms with Gasteiger partial charge in [-0.15, -0.1) is 0 Å². The molecule has 4 N–H and O–H groups in total.